The Balaban J connectivity index is 2.32. The van der Waals surface area contributed by atoms with Crippen LogP contribution in [0.5, 0.6) is 5.75 Å². The summed E-state index contributed by atoms with van der Waals surface area (Å²) in [6.07, 6.45) is 0. The minimum atomic E-state index is 0.726. The van der Waals surface area contributed by atoms with Crippen LogP contribution < -0.4 is 15.8 Å². The van der Waals surface area contributed by atoms with Crippen molar-refractivity contribution in [3.05, 3.63) is 46.9 Å². The van der Waals surface area contributed by atoms with E-state index in [4.69, 9.17) is 10.5 Å². The highest BCUT2D eigenvalue weighted by atomic mass is 79.9. The number of nitrogen functional groups attached to an aromatic ring is 1. The van der Waals surface area contributed by atoms with Gasteiger partial charge in [-0.15, -0.1) is 0 Å². The van der Waals surface area contributed by atoms with Crippen LogP contribution in [0, 0.1) is 0 Å². The van der Waals surface area contributed by atoms with Crippen molar-refractivity contribution in [3.63, 3.8) is 0 Å². The number of ether oxygens (including phenoxy) is 1. The molecule has 0 radical (unpaired) electrons. The van der Waals surface area contributed by atoms with Gasteiger partial charge >= 0.3 is 0 Å². The Kier molecular flexibility index (Phi) is 3.54. The first-order chi connectivity index (χ1) is 8.19. The van der Waals surface area contributed by atoms with Gasteiger partial charge in [0.15, 0.2) is 0 Å². The molecule has 17 heavy (non-hydrogen) atoms. The van der Waals surface area contributed by atoms with E-state index in [0.717, 1.165) is 27.3 Å². The van der Waals surface area contributed by atoms with Gasteiger partial charge < -0.3 is 15.8 Å². The number of methoxy groups -OCH3 is 1. The van der Waals surface area contributed by atoms with Crippen molar-refractivity contribution < 1.29 is 4.74 Å². The lowest BCUT2D eigenvalue weighted by Crippen LogP contribution is -1.95. The fourth-order valence-electron chi connectivity index (χ4n) is 1.55. The summed E-state index contributed by atoms with van der Waals surface area (Å²) in [5, 5.41) is 3.27. The first kappa shape index (κ1) is 11.8. The van der Waals surface area contributed by atoms with E-state index in [-0.39, 0.29) is 0 Å². The zero-order valence-corrected chi connectivity index (χ0v) is 11.0. The topological polar surface area (TPSA) is 47.3 Å². The normalized spacial score (nSPS) is 10.0. The molecule has 2 rings (SSSR count). The summed E-state index contributed by atoms with van der Waals surface area (Å²) in [4.78, 5) is 0. The number of benzene rings is 2. The third kappa shape index (κ3) is 2.91. The van der Waals surface area contributed by atoms with Gasteiger partial charge in [0.1, 0.15) is 5.75 Å². The van der Waals surface area contributed by atoms with E-state index in [9.17, 15) is 0 Å². The molecule has 0 aliphatic heterocycles. The molecule has 0 aliphatic carbocycles. The summed E-state index contributed by atoms with van der Waals surface area (Å²) in [7, 11) is 1.65. The van der Waals surface area contributed by atoms with Gasteiger partial charge in [0, 0.05) is 15.8 Å². The standard InChI is InChI=1S/C13H13BrN2O/c1-17-13-6-5-9(14)7-12(13)16-11-4-2-3-10(15)8-11/h2-8,16H,15H2,1H3. The highest BCUT2D eigenvalue weighted by molar-refractivity contribution is 9.10. The van der Waals surface area contributed by atoms with Crippen LogP contribution >= 0.6 is 15.9 Å². The van der Waals surface area contributed by atoms with Crippen molar-refractivity contribution in [3.8, 4) is 5.75 Å². The van der Waals surface area contributed by atoms with Crippen molar-refractivity contribution in [1.82, 2.24) is 0 Å². The van der Waals surface area contributed by atoms with Crippen molar-refractivity contribution in [2.45, 2.75) is 0 Å². The van der Waals surface area contributed by atoms with E-state index in [2.05, 4.69) is 21.2 Å². The van der Waals surface area contributed by atoms with Crippen molar-refractivity contribution in [2.75, 3.05) is 18.2 Å². The zero-order chi connectivity index (χ0) is 12.3. The number of hydrogen-bond donors (Lipinski definition) is 2. The molecule has 2 aromatic carbocycles. The van der Waals surface area contributed by atoms with Crippen molar-refractivity contribution in [2.24, 2.45) is 0 Å². The molecule has 0 saturated heterocycles. The van der Waals surface area contributed by atoms with Gasteiger partial charge in [-0.25, -0.2) is 0 Å². The molecule has 0 fully saturated rings. The predicted molar refractivity (Wildman–Crippen MR) is 74.8 cm³/mol. The Morgan fingerprint density at radius 1 is 1.18 bits per heavy atom. The molecule has 0 aromatic heterocycles. The number of nitrogens with one attached hydrogen (secondary N) is 1. The molecule has 0 bridgehead atoms. The third-order valence-corrected chi connectivity index (χ3v) is 2.82. The van der Waals surface area contributed by atoms with E-state index in [1.54, 1.807) is 7.11 Å². The number of halogens is 1. The molecule has 0 atom stereocenters. The molecule has 0 saturated carbocycles. The first-order valence-electron chi connectivity index (χ1n) is 5.15. The van der Waals surface area contributed by atoms with Crippen molar-refractivity contribution >= 4 is 33.0 Å². The van der Waals surface area contributed by atoms with Crippen LogP contribution in [0.15, 0.2) is 46.9 Å². The number of nitrogens with two attached hydrogens (primary N) is 1. The minimum Gasteiger partial charge on any atom is -0.495 e. The lowest BCUT2D eigenvalue weighted by Gasteiger charge is -2.11. The van der Waals surface area contributed by atoms with Crippen LogP contribution in [0.1, 0.15) is 0 Å². The van der Waals surface area contributed by atoms with Gasteiger partial charge in [-0.05, 0) is 36.4 Å². The van der Waals surface area contributed by atoms with Gasteiger partial charge in [0.05, 0.1) is 12.8 Å². The fraction of sp³-hybridized carbons (Fsp3) is 0.0769. The second-order valence-corrected chi connectivity index (χ2v) is 4.51. The van der Waals surface area contributed by atoms with E-state index in [1.807, 2.05) is 42.5 Å². The maximum absolute atomic E-state index is 5.73. The number of hydrogen-bond acceptors (Lipinski definition) is 3. The summed E-state index contributed by atoms with van der Waals surface area (Å²) in [5.41, 5.74) is 8.29. The molecular formula is C13H13BrN2O. The van der Waals surface area contributed by atoms with Crippen LogP contribution in [-0.4, -0.2) is 7.11 Å². The predicted octanol–water partition coefficient (Wildman–Crippen LogP) is 3.78. The monoisotopic (exact) mass is 292 g/mol. The average molecular weight is 293 g/mol. The smallest absolute Gasteiger partial charge is 0.142 e. The highest BCUT2D eigenvalue weighted by Gasteiger charge is 2.04. The lowest BCUT2D eigenvalue weighted by molar-refractivity contribution is 0.417. The summed E-state index contributed by atoms with van der Waals surface area (Å²) in [6, 6.07) is 13.4. The molecule has 0 amide bonds. The van der Waals surface area contributed by atoms with Crippen molar-refractivity contribution in [1.29, 1.82) is 0 Å². The van der Waals surface area contributed by atoms with E-state index >= 15 is 0 Å². The van der Waals surface area contributed by atoms with Gasteiger partial charge in [-0.2, -0.15) is 0 Å². The van der Waals surface area contributed by atoms with Gasteiger partial charge in [0.2, 0.25) is 0 Å². The van der Waals surface area contributed by atoms with E-state index < -0.39 is 0 Å². The van der Waals surface area contributed by atoms with Crippen LogP contribution in [0.3, 0.4) is 0 Å². The summed E-state index contributed by atoms with van der Waals surface area (Å²) >= 11 is 3.43. The average Bonchev–Trinajstić information content (AvgIpc) is 2.29. The maximum Gasteiger partial charge on any atom is 0.142 e. The molecule has 3 N–H and O–H groups in total. The second-order valence-electron chi connectivity index (χ2n) is 3.60. The molecule has 88 valence electrons. The van der Waals surface area contributed by atoms with Crippen LogP contribution in [0.2, 0.25) is 0 Å². The maximum atomic E-state index is 5.73. The molecule has 0 heterocycles. The molecular weight excluding hydrogens is 280 g/mol. The zero-order valence-electron chi connectivity index (χ0n) is 9.41. The number of rotatable bonds is 3. The third-order valence-electron chi connectivity index (χ3n) is 2.33. The van der Waals surface area contributed by atoms with Crippen LogP contribution in [-0.2, 0) is 0 Å². The van der Waals surface area contributed by atoms with Crippen LogP contribution in [0.25, 0.3) is 0 Å². The van der Waals surface area contributed by atoms with Gasteiger partial charge in [-0.3, -0.25) is 0 Å². The van der Waals surface area contributed by atoms with E-state index in [0.29, 0.717) is 0 Å². The Bertz CT molecular complexity index is 529. The molecule has 4 heteroatoms. The molecule has 2 aromatic rings. The molecule has 3 nitrogen and oxygen atoms in total. The van der Waals surface area contributed by atoms with Crippen LogP contribution in [0.4, 0.5) is 17.1 Å². The molecule has 0 unspecified atom stereocenters. The SMILES string of the molecule is COc1ccc(Br)cc1Nc1cccc(N)c1. The quantitative estimate of drug-likeness (QED) is 0.847. The number of anilines is 3. The second kappa shape index (κ2) is 5.10. The highest BCUT2D eigenvalue weighted by Crippen LogP contribution is 2.30. The summed E-state index contributed by atoms with van der Waals surface area (Å²) in [5.74, 6) is 0.788. The van der Waals surface area contributed by atoms with Gasteiger partial charge in [0.25, 0.3) is 0 Å². The minimum absolute atomic E-state index is 0.726. The Morgan fingerprint density at radius 3 is 2.71 bits per heavy atom. The molecule has 0 aliphatic rings. The van der Waals surface area contributed by atoms with E-state index in [1.165, 1.54) is 0 Å². The lowest BCUT2D eigenvalue weighted by atomic mass is 10.2. The largest absolute Gasteiger partial charge is 0.495 e. The molecule has 0 spiro atoms. The Labute approximate surface area is 109 Å². The Morgan fingerprint density at radius 2 is 2.00 bits per heavy atom. The fourth-order valence-corrected chi connectivity index (χ4v) is 1.91. The summed E-state index contributed by atoms with van der Waals surface area (Å²) in [6.45, 7) is 0. The summed E-state index contributed by atoms with van der Waals surface area (Å²) < 4.78 is 6.28. The first-order valence-corrected chi connectivity index (χ1v) is 5.94. The Hall–Kier alpha value is -1.68. The van der Waals surface area contributed by atoms with Gasteiger partial charge in [-0.1, -0.05) is 22.0 Å².